The minimum atomic E-state index is 0.0972. The van der Waals surface area contributed by atoms with Gasteiger partial charge in [-0.1, -0.05) is 6.92 Å². The SMILES string of the molecule is CCC=O.NCCO. The van der Waals surface area contributed by atoms with Crippen molar-refractivity contribution in [3.8, 4) is 0 Å². The van der Waals surface area contributed by atoms with E-state index in [0.717, 1.165) is 6.29 Å². The van der Waals surface area contributed by atoms with Crippen LogP contribution in [0.1, 0.15) is 13.3 Å². The van der Waals surface area contributed by atoms with Gasteiger partial charge in [0.05, 0.1) is 6.61 Å². The summed E-state index contributed by atoms with van der Waals surface area (Å²) in [7, 11) is 0. The second kappa shape index (κ2) is 16.0. The number of rotatable bonds is 2. The zero-order valence-corrected chi connectivity index (χ0v) is 5.13. The molecule has 0 unspecified atom stereocenters. The molecule has 0 aliphatic rings. The molecule has 0 heterocycles. The van der Waals surface area contributed by atoms with Crippen LogP contribution in [0.2, 0.25) is 0 Å². The van der Waals surface area contributed by atoms with Crippen molar-refractivity contribution in [2.45, 2.75) is 13.3 Å². The molecule has 8 heavy (non-hydrogen) atoms. The molecule has 50 valence electrons. The summed E-state index contributed by atoms with van der Waals surface area (Å²) in [5.41, 5.74) is 4.78. The smallest absolute Gasteiger partial charge is 0.119 e. The van der Waals surface area contributed by atoms with Crippen LogP contribution in [-0.2, 0) is 4.79 Å². The van der Waals surface area contributed by atoms with E-state index in [2.05, 4.69) is 0 Å². The van der Waals surface area contributed by atoms with Crippen LogP contribution in [0.3, 0.4) is 0 Å². The number of aliphatic hydroxyl groups is 1. The molecule has 0 radical (unpaired) electrons. The van der Waals surface area contributed by atoms with E-state index in [-0.39, 0.29) is 6.61 Å². The zero-order chi connectivity index (χ0) is 6.83. The van der Waals surface area contributed by atoms with Crippen LogP contribution in [0, 0.1) is 0 Å². The number of aldehydes is 1. The van der Waals surface area contributed by atoms with E-state index in [1.807, 2.05) is 6.92 Å². The lowest BCUT2D eigenvalue weighted by molar-refractivity contribution is -0.107. The van der Waals surface area contributed by atoms with Crippen LogP contribution in [0.25, 0.3) is 0 Å². The molecular weight excluding hydrogens is 106 g/mol. The second-order valence-corrected chi connectivity index (χ2v) is 1.09. The largest absolute Gasteiger partial charge is 0.395 e. The standard InChI is InChI=1S/C3H6O.C2H7NO/c1-2-3-4;3-1-2-4/h3H,2H2,1H3;4H,1-3H2. The van der Waals surface area contributed by atoms with E-state index < -0.39 is 0 Å². The molecule has 3 heteroatoms. The van der Waals surface area contributed by atoms with Crippen molar-refractivity contribution in [2.75, 3.05) is 13.2 Å². The van der Waals surface area contributed by atoms with E-state index in [0.29, 0.717) is 13.0 Å². The van der Waals surface area contributed by atoms with Crippen molar-refractivity contribution >= 4 is 6.29 Å². The molecule has 0 saturated heterocycles. The van der Waals surface area contributed by atoms with Crippen molar-refractivity contribution < 1.29 is 9.90 Å². The third kappa shape index (κ3) is 46.6. The van der Waals surface area contributed by atoms with Crippen molar-refractivity contribution in [2.24, 2.45) is 5.73 Å². The van der Waals surface area contributed by atoms with Gasteiger partial charge in [0.25, 0.3) is 0 Å². The molecule has 0 aromatic heterocycles. The molecule has 0 aliphatic heterocycles. The fraction of sp³-hybridized carbons (Fsp3) is 0.800. The summed E-state index contributed by atoms with van der Waals surface area (Å²) >= 11 is 0. The highest BCUT2D eigenvalue weighted by Crippen LogP contribution is 1.53. The van der Waals surface area contributed by atoms with E-state index in [1.165, 1.54) is 0 Å². The lowest BCUT2D eigenvalue weighted by Crippen LogP contribution is -2.02. The van der Waals surface area contributed by atoms with E-state index in [1.54, 1.807) is 0 Å². The normalized spacial score (nSPS) is 6.88. The molecule has 3 nitrogen and oxygen atoms in total. The summed E-state index contributed by atoms with van der Waals surface area (Å²) in [6.45, 7) is 2.28. The number of nitrogens with two attached hydrogens (primary N) is 1. The predicted molar refractivity (Wildman–Crippen MR) is 32.5 cm³/mol. The van der Waals surface area contributed by atoms with Gasteiger partial charge in [0, 0.05) is 13.0 Å². The van der Waals surface area contributed by atoms with Gasteiger partial charge in [0.2, 0.25) is 0 Å². The average molecular weight is 119 g/mol. The number of carbonyl (C=O) groups excluding carboxylic acids is 1. The van der Waals surface area contributed by atoms with Gasteiger partial charge in [0.1, 0.15) is 6.29 Å². The molecule has 3 N–H and O–H groups in total. The van der Waals surface area contributed by atoms with Crippen LogP contribution >= 0.6 is 0 Å². The maximum atomic E-state index is 9.17. The monoisotopic (exact) mass is 119 g/mol. The lowest BCUT2D eigenvalue weighted by Gasteiger charge is -1.71. The molecule has 0 rings (SSSR count). The Balaban J connectivity index is 0. The molecule has 0 spiro atoms. The highest BCUT2D eigenvalue weighted by Gasteiger charge is 1.56. The lowest BCUT2D eigenvalue weighted by atomic mass is 10.6. The maximum Gasteiger partial charge on any atom is 0.119 e. The molecule has 0 bridgehead atoms. The van der Waals surface area contributed by atoms with Crippen LogP contribution in [0.5, 0.6) is 0 Å². The summed E-state index contributed by atoms with van der Waals surface area (Å²) in [6.07, 6.45) is 1.51. The fourth-order valence-electron chi connectivity index (χ4n) is 0. The number of aliphatic hydroxyl groups excluding tert-OH is 1. The van der Waals surface area contributed by atoms with Gasteiger partial charge in [-0.05, 0) is 0 Å². The molecule has 0 fully saturated rings. The molecular formula is C5H13NO2. The van der Waals surface area contributed by atoms with Gasteiger partial charge < -0.3 is 15.6 Å². The first-order chi connectivity index (χ1) is 3.83. The van der Waals surface area contributed by atoms with Gasteiger partial charge in [-0.25, -0.2) is 0 Å². The van der Waals surface area contributed by atoms with Crippen LogP contribution in [-0.4, -0.2) is 24.5 Å². The molecule has 0 aromatic rings. The highest BCUT2D eigenvalue weighted by atomic mass is 16.3. The number of carbonyl (C=O) groups is 1. The van der Waals surface area contributed by atoms with Gasteiger partial charge in [0.15, 0.2) is 0 Å². The molecule has 0 atom stereocenters. The van der Waals surface area contributed by atoms with E-state index in [4.69, 9.17) is 10.8 Å². The van der Waals surface area contributed by atoms with E-state index >= 15 is 0 Å². The van der Waals surface area contributed by atoms with Crippen molar-refractivity contribution in [3.63, 3.8) is 0 Å². The Morgan fingerprint density at radius 1 is 1.75 bits per heavy atom. The van der Waals surface area contributed by atoms with Gasteiger partial charge in [-0.3, -0.25) is 0 Å². The van der Waals surface area contributed by atoms with Crippen molar-refractivity contribution in [1.82, 2.24) is 0 Å². The minimum absolute atomic E-state index is 0.0972. The summed E-state index contributed by atoms with van der Waals surface area (Å²) < 4.78 is 0. The summed E-state index contributed by atoms with van der Waals surface area (Å²) in [4.78, 5) is 9.17. The first kappa shape index (κ1) is 10.5. The highest BCUT2D eigenvalue weighted by molar-refractivity contribution is 5.48. The Labute approximate surface area is 49.5 Å². The van der Waals surface area contributed by atoms with Crippen molar-refractivity contribution in [3.05, 3.63) is 0 Å². The van der Waals surface area contributed by atoms with Crippen LogP contribution in [0.4, 0.5) is 0 Å². The third-order valence-corrected chi connectivity index (χ3v) is 0.296. The second-order valence-electron chi connectivity index (χ2n) is 1.09. The average Bonchev–Trinajstić information content (AvgIpc) is 1.88. The topological polar surface area (TPSA) is 63.3 Å². The van der Waals surface area contributed by atoms with Crippen LogP contribution < -0.4 is 5.73 Å². The summed E-state index contributed by atoms with van der Waals surface area (Å²) in [6, 6.07) is 0. The Morgan fingerprint density at radius 2 is 2.00 bits per heavy atom. The number of hydrogen-bond donors (Lipinski definition) is 2. The Morgan fingerprint density at radius 3 is 2.00 bits per heavy atom. The Kier molecular flexibility index (Phi) is 21.1. The van der Waals surface area contributed by atoms with Gasteiger partial charge in [-0.15, -0.1) is 0 Å². The summed E-state index contributed by atoms with van der Waals surface area (Å²) in [5, 5.41) is 7.75. The first-order valence-corrected chi connectivity index (χ1v) is 2.58. The maximum absolute atomic E-state index is 9.17. The molecule has 0 aliphatic carbocycles. The van der Waals surface area contributed by atoms with Crippen LogP contribution in [0.15, 0.2) is 0 Å². The first-order valence-electron chi connectivity index (χ1n) is 2.58. The number of hydrogen-bond acceptors (Lipinski definition) is 3. The van der Waals surface area contributed by atoms with Gasteiger partial charge >= 0.3 is 0 Å². The fourth-order valence-corrected chi connectivity index (χ4v) is 0. The Bertz CT molecular complexity index is 37.4. The van der Waals surface area contributed by atoms with Crippen molar-refractivity contribution in [1.29, 1.82) is 0 Å². The molecule has 0 aromatic carbocycles. The Hall–Kier alpha value is -0.410. The van der Waals surface area contributed by atoms with Gasteiger partial charge in [-0.2, -0.15) is 0 Å². The zero-order valence-electron chi connectivity index (χ0n) is 5.13. The predicted octanol–water partition coefficient (Wildman–Crippen LogP) is -0.467. The third-order valence-electron chi connectivity index (χ3n) is 0.296. The quantitative estimate of drug-likeness (QED) is 0.483. The molecule has 0 saturated carbocycles. The molecule has 0 amide bonds. The minimum Gasteiger partial charge on any atom is -0.395 e. The summed E-state index contributed by atoms with van der Waals surface area (Å²) in [5.74, 6) is 0. The van der Waals surface area contributed by atoms with E-state index in [9.17, 15) is 4.79 Å².